The number of benzene rings is 2. The lowest BCUT2D eigenvalue weighted by Gasteiger charge is -2.15. The van der Waals surface area contributed by atoms with Crippen LogP contribution in [0, 0.1) is 0 Å². The summed E-state index contributed by atoms with van der Waals surface area (Å²) in [4.78, 5) is 0. The quantitative estimate of drug-likeness (QED) is 0.747. The van der Waals surface area contributed by atoms with Gasteiger partial charge in [-0.25, -0.2) is 0 Å². The van der Waals surface area contributed by atoms with Gasteiger partial charge >= 0.3 is 0 Å². The minimum atomic E-state index is 0.381. The monoisotopic (exact) mass is 314 g/mol. The molecule has 2 aromatic rings. The number of nitrogens with one attached hydrogen (secondary N) is 2. The van der Waals surface area contributed by atoms with Crippen LogP contribution in [0.15, 0.2) is 48.5 Å². The summed E-state index contributed by atoms with van der Waals surface area (Å²) in [6, 6.07) is 16.7. The van der Waals surface area contributed by atoms with Gasteiger partial charge in [0, 0.05) is 25.7 Å². The van der Waals surface area contributed by atoms with Crippen LogP contribution in [0.2, 0.25) is 0 Å². The molecule has 0 spiro atoms. The molecule has 4 heteroatoms. The fourth-order valence-corrected chi connectivity index (χ4v) is 2.36. The summed E-state index contributed by atoms with van der Waals surface area (Å²) in [5.74, 6) is 1.79. The van der Waals surface area contributed by atoms with E-state index in [1.807, 2.05) is 24.3 Å². The molecule has 2 aromatic carbocycles. The second-order valence-corrected chi connectivity index (χ2v) is 5.62. The minimum Gasteiger partial charge on any atom is -0.497 e. The molecule has 0 bridgehead atoms. The number of hydrogen-bond donors (Lipinski definition) is 2. The third kappa shape index (κ3) is 5.93. The SMILES string of the molecule is COc1cccc(CNCC(C)NCc2cccc(OC)c2)c1. The lowest BCUT2D eigenvalue weighted by Crippen LogP contribution is -2.35. The van der Waals surface area contributed by atoms with Gasteiger partial charge in [-0.3, -0.25) is 0 Å². The zero-order valence-corrected chi connectivity index (χ0v) is 14.1. The summed E-state index contributed by atoms with van der Waals surface area (Å²) in [6.07, 6.45) is 0. The van der Waals surface area contributed by atoms with Crippen molar-refractivity contribution in [3.8, 4) is 11.5 Å². The van der Waals surface area contributed by atoms with E-state index in [4.69, 9.17) is 9.47 Å². The largest absolute Gasteiger partial charge is 0.497 e. The lowest BCUT2D eigenvalue weighted by molar-refractivity contribution is 0.413. The van der Waals surface area contributed by atoms with Crippen LogP contribution in [0.5, 0.6) is 11.5 Å². The topological polar surface area (TPSA) is 42.5 Å². The van der Waals surface area contributed by atoms with Gasteiger partial charge in [-0.2, -0.15) is 0 Å². The van der Waals surface area contributed by atoms with Gasteiger partial charge in [-0.1, -0.05) is 24.3 Å². The van der Waals surface area contributed by atoms with Crippen LogP contribution in [0.3, 0.4) is 0 Å². The first-order valence-corrected chi connectivity index (χ1v) is 7.91. The number of rotatable bonds is 9. The van der Waals surface area contributed by atoms with Gasteiger partial charge < -0.3 is 20.1 Å². The second kappa shape index (κ2) is 9.18. The molecule has 1 unspecified atom stereocenters. The zero-order valence-electron chi connectivity index (χ0n) is 14.1. The van der Waals surface area contributed by atoms with Crippen LogP contribution >= 0.6 is 0 Å². The highest BCUT2D eigenvalue weighted by atomic mass is 16.5. The summed E-state index contributed by atoms with van der Waals surface area (Å²) in [5, 5.41) is 6.99. The van der Waals surface area contributed by atoms with Gasteiger partial charge in [-0.15, -0.1) is 0 Å². The van der Waals surface area contributed by atoms with Gasteiger partial charge in [0.05, 0.1) is 14.2 Å². The maximum absolute atomic E-state index is 5.24. The van der Waals surface area contributed by atoms with Crippen molar-refractivity contribution >= 4 is 0 Å². The average Bonchev–Trinajstić information content (AvgIpc) is 2.60. The van der Waals surface area contributed by atoms with E-state index in [9.17, 15) is 0 Å². The summed E-state index contributed by atoms with van der Waals surface area (Å²) in [6.45, 7) is 4.75. The maximum Gasteiger partial charge on any atom is 0.119 e. The molecule has 0 aliphatic heterocycles. The smallest absolute Gasteiger partial charge is 0.119 e. The van der Waals surface area contributed by atoms with Crippen molar-refractivity contribution in [3.05, 3.63) is 59.7 Å². The molecule has 0 saturated heterocycles. The van der Waals surface area contributed by atoms with Gasteiger partial charge in [0.15, 0.2) is 0 Å². The number of hydrogen-bond acceptors (Lipinski definition) is 4. The first-order valence-electron chi connectivity index (χ1n) is 7.91. The molecule has 0 aliphatic carbocycles. The first kappa shape index (κ1) is 17.3. The van der Waals surface area contributed by atoms with Gasteiger partial charge in [0.1, 0.15) is 11.5 Å². The minimum absolute atomic E-state index is 0.381. The third-order valence-electron chi connectivity index (χ3n) is 3.70. The molecule has 0 heterocycles. The van der Waals surface area contributed by atoms with Gasteiger partial charge in [0.25, 0.3) is 0 Å². The molecule has 2 N–H and O–H groups in total. The normalized spacial score (nSPS) is 12.0. The Bertz CT molecular complexity index is 601. The van der Waals surface area contributed by atoms with Crippen molar-refractivity contribution in [2.75, 3.05) is 20.8 Å². The van der Waals surface area contributed by atoms with E-state index < -0.39 is 0 Å². The zero-order chi connectivity index (χ0) is 16.5. The van der Waals surface area contributed by atoms with Crippen molar-refractivity contribution in [3.63, 3.8) is 0 Å². The number of ether oxygens (including phenoxy) is 2. The Labute approximate surface area is 138 Å². The maximum atomic E-state index is 5.24. The van der Waals surface area contributed by atoms with Crippen molar-refractivity contribution in [1.82, 2.24) is 10.6 Å². The van der Waals surface area contributed by atoms with E-state index in [1.54, 1.807) is 14.2 Å². The Balaban J connectivity index is 1.71. The Morgan fingerprint density at radius 3 is 2.00 bits per heavy atom. The molecular formula is C19H26N2O2. The molecule has 2 rings (SSSR count). The third-order valence-corrected chi connectivity index (χ3v) is 3.70. The van der Waals surface area contributed by atoms with E-state index in [-0.39, 0.29) is 0 Å². The highest BCUT2D eigenvalue weighted by molar-refractivity contribution is 5.29. The van der Waals surface area contributed by atoms with Crippen molar-refractivity contribution in [2.24, 2.45) is 0 Å². The highest BCUT2D eigenvalue weighted by Gasteiger charge is 2.03. The van der Waals surface area contributed by atoms with E-state index in [2.05, 4.69) is 41.8 Å². The molecule has 0 aromatic heterocycles. The van der Waals surface area contributed by atoms with Crippen LogP contribution in [-0.2, 0) is 13.1 Å². The standard InChI is InChI=1S/C19H26N2O2/c1-15(21-14-17-7-5-9-19(11-17)23-3)12-20-13-16-6-4-8-18(10-16)22-2/h4-11,15,20-21H,12-14H2,1-3H3. The molecular weight excluding hydrogens is 288 g/mol. The Kier molecular flexibility index (Phi) is 6.91. The second-order valence-electron chi connectivity index (χ2n) is 5.62. The van der Waals surface area contributed by atoms with E-state index in [0.29, 0.717) is 6.04 Å². The van der Waals surface area contributed by atoms with Gasteiger partial charge in [0.2, 0.25) is 0 Å². The predicted molar refractivity (Wildman–Crippen MR) is 94.0 cm³/mol. The van der Waals surface area contributed by atoms with Crippen molar-refractivity contribution < 1.29 is 9.47 Å². The van der Waals surface area contributed by atoms with Crippen molar-refractivity contribution in [1.29, 1.82) is 0 Å². The van der Waals surface area contributed by atoms with E-state index in [0.717, 1.165) is 31.1 Å². The highest BCUT2D eigenvalue weighted by Crippen LogP contribution is 2.13. The van der Waals surface area contributed by atoms with Crippen LogP contribution in [0.25, 0.3) is 0 Å². The molecule has 1 atom stereocenters. The van der Waals surface area contributed by atoms with Crippen molar-refractivity contribution in [2.45, 2.75) is 26.1 Å². The van der Waals surface area contributed by atoms with Gasteiger partial charge in [-0.05, 0) is 42.3 Å². The molecule has 0 fully saturated rings. The first-order chi connectivity index (χ1) is 11.2. The molecule has 4 nitrogen and oxygen atoms in total. The molecule has 0 amide bonds. The Hall–Kier alpha value is -2.04. The predicted octanol–water partition coefficient (Wildman–Crippen LogP) is 2.97. The molecule has 124 valence electrons. The lowest BCUT2D eigenvalue weighted by atomic mass is 10.2. The number of methoxy groups -OCH3 is 2. The summed E-state index contributed by atoms with van der Waals surface area (Å²) in [5.41, 5.74) is 2.45. The van der Waals surface area contributed by atoms with Crippen LogP contribution < -0.4 is 20.1 Å². The Morgan fingerprint density at radius 1 is 0.870 bits per heavy atom. The van der Waals surface area contributed by atoms with E-state index >= 15 is 0 Å². The average molecular weight is 314 g/mol. The van der Waals surface area contributed by atoms with Crippen LogP contribution in [0.4, 0.5) is 0 Å². The fraction of sp³-hybridized carbons (Fsp3) is 0.368. The molecule has 23 heavy (non-hydrogen) atoms. The Morgan fingerprint density at radius 2 is 1.43 bits per heavy atom. The summed E-state index contributed by atoms with van der Waals surface area (Å²) < 4.78 is 10.5. The van der Waals surface area contributed by atoms with E-state index in [1.165, 1.54) is 11.1 Å². The summed E-state index contributed by atoms with van der Waals surface area (Å²) in [7, 11) is 3.38. The van der Waals surface area contributed by atoms with Crippen LogP contribution in [-0.4, -0.2) is 26.8 Å². The summed E-state index contributed by atoms with van der Waals surface area (Å²) >= 11 is 0. The van der Waals surface area contributed by atoms with Crippen LogP contribution in [0.1, 0.15) is 18.1 Å². The molecule has 0 saturated carbocycles. The molecule has 0 aliphatic rings. The fourth-order valence-electron chi connectivity index (χ4n) is 2.36. The molecule has 0 radical (unpaired) electrons.